The maximum absolute atomic E-state index is 12.5. The fourth-order valence-electron chi connectivity index (χ4n) is 1.81. The molecule has 1 aliphatic rings. The van der Waals surface area contributed by atoms with E-state index in [1.807, 2.05) is 0 Å². The number of benzene rings is 1. The molecule has 0 spiro atoms. The largest absolute Gasteiger partial charge is 0.416 e. The van der Waals surface area contributed by atoms with Gasteiger partial charge in [-0.05, 0) is 47.0 Å². The van der Waals surface area contributed by atoms with Gasteiger partial charge < -0.3 is 11.1 Å². The van der Waals surface area contributed by atoms with Crippen molar-refractivity contribution < 1.29 is 13.2 Å². The number of hydrogen-bond donors (Lipinski definition) is 2. The summed E-state index contributed by atoms with van der Waals surface area (Å²) < 4.78 is 38.2. The summed E-state index contributed by atoms with van der Waals surface area (Å²) in [6, 6.07) is 3.92. The SMILES string of the molecule is NC1CC(Nc2cc(C(F)(F)F)ccc2Br)C1. The normalized spacial score (nSPS) is 24.3. The highest BCUT2D eigenvalue weighted by molar-refractivity contribution is 9.10. The highest BCUT2D eigenvalue weighted by Crippen LogP contribution is 2.35. The fourth-order valence-corrected chi connectivity index (χ4v) is 2.17. The van der Waals surface area contributed by atoms with E-state index in [2.05, 4.69) is 21.2 Å². The van der Waals surface area contributed by atoms with Crippen LogP contribution >= 0.6 is 15.9 Å². The molecule has 17 heavy (non-hydrogen) atoms. The Hall–Kier alpha value is -0.750. The third kappa shape index (κ3) is 2.93. The van der Waals surface area contributed by atoms with Gasteiger partial charge in [-0.1, -0.05) is 0 Å². The van der Waals surface area contributed by atoms with Crippen molar-refractivity contribution in [2.75, 3.05) is 5.32 Å². The van der Waals surface area contributed by atoms with Crippen LogP contribution in [0.3, 0.4) is 0 Å². The van der Waals surface area contributed by atoms with E-state index < -0.39 is 11.7 Å². The summed E-state index contributed by atoms with van der Waals surface area (Å²) in [7, 11) is 0. The van der Waals surface area contributed by atoms with Gasteiger partial charge in [-0.15, -0.1) is 0 Å². The highest BCUT2D eigenvalue weighted by Gasteiger charge is 2.32. The molecule has 6 heteroatoms. The first-order valence-electron chi connectivity index (χ1n) is 5.25. The Balaban J connectivity index is 2.15. The van der Waals surface area contributed by atoms with Crippen LogP contribution in [0.5, 0.6) is 0 Å². The zero-order valence-corrected chi connectivity index (χ0v) is 10.5. The lowest BCUT2D eigenvalue weighted by molar-refractivity contribution is -0.137. The molecular weight excluding hydrogens is 297 g/mol. The summed E-state index contributed by atoms with van der Waals surface area (Å²) in [5.41, 5.74) is 5.45. The Morgan fingerprint density at radius 1 is 1.29 bits per heavy atom. The quantitative estimate of drug-likeness (QED) is 0.879. The molecule has 1 aliphatic carbocycles. The van der Waals surface area contributed by atoms with Crippen molar-refractivity contribution in [3.05, 3.63) is 28.2 Å². The van der Waals surface area contributed by atoms with Crippen LogP contribution in [0.2, 0.25) is 0 Å². The lowest BCUT2D eigenvalue weighted by atomic mass is 9.87. The van der Waals surface area contributed by atoms with E-state index in [1.54, 1.807) is 0 Å². The molecule has 0 amide bonds. The Kier molecular flexibility index (Phi) is 3.36. The first kappa shape index (κ1) is 12.7. The van der Waals surface area contributed by atoms with Gasteiger partial charge in [0.1, 0.15) is 0 Å². The Morgan fingerprint density at radius 3 is 2.47 bits per heavy atom. The Morgan fingerprint density at radius 2 is 1.94 bits per heavy atom. The van der Waals surface area contributed by atoms with Crippen LogP contribution in [0.25, 0.3) is 0 Å². The van der Waals surface area contributed by atoms with Crippen molar-refractivity contribution in [1.29, 1.82) is 0 Å². The van der Waals surface area contributed by atoms with Crippen LogP contribution in [0.1, 0.15) is 18.4 Å². The smallest absolute Gasteiger partial charge is 0.381 e. The number of hydrogen-bond acceptors (Lipinski definition) is 2. The molecule has 0 saturated heterocycles. The zero-order chi connectivity index (χ0) is 12.6. The summed E-state index contributed by atoms with van der Waals surface area (Å²) >= 11 is 3.23. The van der Waals surface area contributed by atoms with Crippen molar-refractivity contribution in [2.45, 2.75) is 31.1 Å². The van der Waals surface area contributed by atoms with E-state index >= 15 is 0 Å². The Labute approximate surface area is 106 Å². The number of nitrogens with two attached hydrogens (primary N) is 1. The van der Waals surface area contributed by atoms with Gasteiger partial charge in [0.2, 0.25) is 0 Å². The minimum Gasteiger partial charge on any atom is -0.381 e. The predicted molar refractivity (Wildman–Crippen MR) is 63.8 cm³/mol. The minimum atomic E-state index is -4.31. The summed E-state index contributed by atoms with van der Waals surface area (Å²) in [4.78, 5) is 0. The van der Waals surface area contributed by atoms with Gasteiger partial charge in [-0.25, -0.2) is 0 Å². The van der Waals surface area contributed by atoms with Gasteiger partial charge in [0.05, 0.1) is 5.56 Å². The molecule has 0 aliphatic heterocycles. The molecule has 1 fully saturated rings. The molecule has 1 aromatic carbocycles. The molecule has 94 valence electrons. The van der Waals surface area contributed by atoms with Crippen LogP contribution in [-0.2, 0) is 6.18 Å². The number of alkyl halides is 3. The second-order valence-electron chi connectivity index (χ2n) is 4.27. The van der Waals surface area contributed by atoms with E-state index in [9.17, 15) is 13.2 Å². The first-order valence-corrected chi connectivity index (χ1v) is 6.04. The predicted octanol–water partition coefficient (Wildman–Crippen LogP) is 3.37. The molecule has 1 aromatic rings. The zero-order valence-electron chi connectivity index (χ0n) is 8.89. The van der Waals surface area contributed by atoms with Crippen LogP contribution in [0.4, 0.5) is 18.9 Å². The van der Waals surface area contributed by atoms with E-state index in [0.717, 1.165) is 25.0 Å². The lowest BCUT2D eigenvalue weighted by Crippen LogP contribution is -2.44. The molecule has 0 bridgehead atoms. The van der Waals surface area contributed by atoms with Crippen molar-refractivity contribution in [2.24, 2.45) is 5.73 Å². The van der Waals surface area contributed by atoms with Crippen LogP contribution in [0.15, 0.2) is 22.7 Å². The molecule has 2 nitrogen and oxygen atoms in total. The van der Waals surface area contributed by atoms with Crippen molar-refractivity contribution in [3.63, 3.8) is 0 Å². The van der Waals surface area contributed by atoms with E-state index in [1.165, 1.54) is 6.07 Å². The van der Waals surface area contributed by atoms with Crippen LogP contribution in [-0.4, -0.2) is 12.1 Å². The standard InChI is InChI=1S/C11H12BrF3N2/c12-9-2-1-6(11(13,14)15)3-10(9)17-8-4-7(16)5-8/h1-3,7-8,17H,4-5,16H2. The third-order valence-corrected chi connectivity index (χ3v) is 3.52. The van der Waals surface area contributed by atoms with Crippen LogP contribution < -0.4 is 11.1 Å². The topological polar surface area (TPSA) is 38.0 Å². The molecule has 3 N–H and O–H groups in total. The van der Waals surface area contributed by atoms with Gasteiger partial charge in [-0.3, -0.25) is 0 Å². The van der Waals surface area contributed by atoms with Crippen LogP contribution in [0, 0.1) is 0 Å². The average Bonchev–Trinajstić information content (AvgIpc) is 2.17. The highest BCUT2D eigenvalue weighted by atomic mass is 79.9. The molecule has 0 aromatic heterocycles. The van der Waals surface area contributed by atoms with Crippen molar-refractivity contribution >= 4 is 21.6 Å². The first-order chi connectivity index (χ1) is 7.86. The van der Waals surface area contributed by atoms with E-state index in [4.69, 9.17) is 5.73 Å². The summed E-state index contributed by atoms with van der Waals surface area (Å²) in [5, 5.41) is 3.06. The lowest BCUT2D eigenvalue weighted by Gasteiger charge is -2.34. The molecule has 2 rings (SSSR count). The number of rotatable bonds is 2. The molecule has 0 radical (unpaired) electrons. The van der Waals surface area contributed by atoms with Gasteiger partial charge in [0.15, 0.2) is 0 Å². The number of anilines is 1. The summed E-state index contributed by atoms with van der Waals surface area (Å²) in [6.45, 7) is 0. The van der Waals surface area contributed by atoms with Gasteiger partial charge >= 0.3 is 6.18 Å². The average molecular weight is 309 g/mol. The molecule has 0 atom stereocenters. The molecule has 0 heterocycles. The van der Waals surface area contributed by atoms with Gasteiger partial charge in [0.25, 0.3) is 0 Å². The van der Waals surface area contributed by atoms with Crippen molar-refractivity contribution in [1.82, 2.24) is 0 Å². The van der Waals surface area contributed by atoms with E-state index in [-0.39, 0.29) is 12.1 Å². The summed E-state index contributed by atoms with van der Waals surface area (Å²) in [5.74, 6) is 0. The molecule has 1 saturated carbocycles. The molecule has 0 unspecified atom stereocenters. The van der Waals surface area contributed by atoms with Crippen molar-refractivity contribution in [3.8, 4) is 0 Å². The summed E-state index contributed by atoms with van der Waals surface area (Å²) in [6.07, 6.45) is -2.72. The van der Waals surface area contributed by atoms with Gasteiger partial charge in [0, 0.05) is 22.2 Å². The minimum absolute atomic E-state index is 0.164. The Bertz CT molecular complexity index is 414. The third-order valence-electron chi connectivity index (χ3n) is 2.83. The number of nitrogens with one attached hydrogen (secondary N) is 1. The van der Waals surface area contributed by atoms with E-state index in [0.29, 0.717) is 10.2 Å². The van der Waals surface area contributed by atoms with Gasteiger partial charge in [-0.2, -0.15) is 13.2 Å². The maximum Gasteiger partial charge on any atom is 0.416 e. The number of halogens is 4. The fraction of sp³-hybridized carbons (Fsp3) is 0.455. The second-order valence-corrected chi connectivity index (χ2v) is 5.12. The molecular formula is C11H12BrF3N2. The monoisotopic (exact) mass is 308 g/mol. The maximum atomic E-state index is 12.5. The second kappa shape index (κ2) is 4.49.